The first-order chi connectivity index (χ1) is 48.4. The second-order valence-corrected chi connectivity index (χ2v) is 33.0. The highest BCUT2D eigenvalue weighted by Gasteiger charge is 2.30. The van der Waals surface area contributed by atoms with Crippen LogP contribution in [0.25, 0.3) is 0 Å². The minimum atomic E-state index is -4.96. The molecule has 0 aliphatic carbocycles. The third-order valence-corrected chi connectivity index (χ3v) is 20.9. The third kappa shape index (κ3) is 74.3. The molecule has 17 nitrogen and oxygen atoms in total. The lowest BCUT2D eigenvalue weighted by atomic mass is 10.0. The van der Waals surface area contributed by atoms with Crippen molar-refractivity contribution in [3.05, 3.63) is 0 Å². The van der Waals surface area contributed by atoms with E-state index in [9.17, 15) is 43.2 Å². The highest BCUT2D eigenvalue weighted by Crippen LogP contribution is 2.45. The first-order valence-corrected chi connectivity index (χ1v) is 45.0. The van der Waals surface area contributed by atoms with Crippen LogP contribution in [0.1, 0.15) is 427 Å². The van der Waals surface area contributed by atoms with Crippen LogP contribution in [-0.2, 0) is 65.4 Å². The number of aliphatic hydroxyl groups excluding tert-OH is 1. The summed E-state index contributed by atoms with van der Waals surface area (Å²) in [5.74, 6) is -0.497. The Kier molecular flexibility index (Phi) is 71.2. The van der Waals surface area contributed by atoms with Crippen molar-refractivity contribution in [1.82, 2.24) is 0 Å². The Morgan fingerprint density at radius 1 is 0.270 bits per heavy atom. The molecular formula is C81H158O17P2. The molecule has 0 saturated heterocycles. The zero-order chi connectivity index (χ0) is 73.5. The summed E-state index contributed by atoms with van der Waals surface area (Å²) in [6, 6.07) is 0. The van der Waals surface area contributed by atoms with Crippen molar-refractivity contribution in [3.63, 3.8) is 0 Å². The summed E-state index contributed by atoms with van der Waals surface area (Å²) < 4.78 is 68.7. The Labute approximate surface area is 613 Å². The van der Waals surface area contributed by atoms with E-state index in [0.29, 0.717) is 25.7 Å². The average molecular weight is 1470 g/mol. The molecule has 0 spiro atoms. The van der Waals surface area contributed by atoms with Crippen LogP contribution in [0, 0.1) is 11.8 Å². The van der Waals surface area contributed by atoms with Gasteiger partial charge in [-0.25, -0.2) is 9.13 Å². The second kappa shape index (κ2) is 72.6. The molecular weight excluding hydrogens is 1310 g/mol. The van der Waals surface area contributed by atoms with E-state index in [1.807, 2.05) is 0 Å². The molecule has 0 radical (unpaired) electrons. The van der Waals surface area contributed by atoms with Gasteiger partial charge >= 0.3 is 39.5 Å². The van der Waals surface area contributed by atoms with Crippen molar-refractivity contribution >= 4 is 39.5 Å². The number of ether oxygens (including phenoxy) is 4. The van der Waals surface area contributed by atoms with E-state index < -0.39 is 97.5 Å². The Morgan fingerprint density at radius 3 is 0.680 bits per heavy atom. The van der Waals surface area contributed by atoms with Crippen LogP contribution in [0.5, 0.6) is 0 Å². The van der Waals surface area contributed by atoms with Gasteiger partial charge in [-0.1, -0.05) is 375 Å². The van der Waals surface area contributed by atoms with Crippen LogP contribution in [0.4, 0.5) is 0 Å². The number of unbranched alkanes of at least 4 members (excludes halogenated alkanes) is 50. The molecule has 0 aliphatic heterocycles. The van der Waals surface area contributed by atoms with E-state index in [2.05, 4.69) is 41.5 Å². The standard InChI is InChI=1S/C81H158O17P2/c1-7-9-11-13-15-17-19-26-35-41-47-53-59-65-80(85)97-76(69-91-78(83)63-57-51-45-39-31-18-16-14-12-10-8-2)71-95-99(87,88)93-67-75(82)68-94-100(89,90)96-72-77(98-81(86)66-60-54-48-42-36-30-25-21-23-28-33-38-44-50-56-62-74(5)6)70-92-79(84)64-58-52-46-40-34-29-24-20-22-27-32-37-43-49-55-61-73(3)4/h73-77,82H,7-72H2,1-6H3,(H,87,88)(H,89,90)/t75-,76+,77+/m0/s1. The molecule has 3 N–H and O–H groups in total. The van der Waals surface area contributed by atoms with Gasteiger partial charge in [0.05, 0.1) is 26.4 Å². The Balaban J connectivity index is 5.24. The van der Waals surface area contributed by atoms with E-state index in [4.69, 9.17) is 37.0 Å². The van der Waals surface area contributed by atoms with Gasteiger partial charge in [-0.3, -0.25) is 37.3 Å². The van der Waals surface area contributed by atoms with Crippen LogP contribution >= 0.6 is 15.6 Å². The quantitative estimate of drug-likeness (QED) is 0.0222. The molecule has 5 atom stereocenters. The fourth-order valence-electron chi connectivity index (χ4n) is 12.5. The predicted molar refractivity (Wildman–Crippen MR) is 409 cm³/mol. The molecule has 0 bridgehead atoms. The normalized spacial score (nSPS) is 13.9. The van der Waals surface area contributed by atoms with Crippen molar-refractivity contribution in [2.75, 3.05) is 39.6 Å². The van der Waals surface area contributed by atoms with E-state index >= 15 is 0 Å². The Bertz CT molecular complexity index is 1920. The maximum Gasteiger partial charge on any atom is 0.472 e. The predicted octanol–water partition coefficient (Wildman–Crippen LogP) is 24.3. The zero-order valence-electron chi connectivity index (χ0n) is 65.5. The molecule has 0 saturated carbocycles. The van der Waals surface area contributed by atoms with Crippen molar-refractivity contribution in [2.24, 2.45) is 11.8 Å². The Morgan fingerprint density at radius 2 is 0.460 bits per heavy atom. The summed E-state index contributed by atoms with van der Waals surface area (Å²) in [7, 11) is -9.92. The number of aliphatic hydroxyl groups is 1. The van der Waals surface area contributed by atoms with Crippen LogP contribution in [0.15, 0.2) is 0 Å². The fraction of sp³-hybridized carbons (Fsp3) is 0.951. The molecule has 0 rings (SSSR count). The van der Waals surface area contributed by atoms with Gasteiger partial charge in [0.25, 0.3) is 0 Å². The van der Waals surface area contributed by atoms with Crippen molar-refractivity contribution < 1.29 is 80.2 Å². The van der Waals surface area contributed by atoms with Gasteiger partial charge in [0, 0.05) is 25.7 Å². The molecule has 0 fully saturated rings. The molecule has 0 aliphatic rings. The molecule has 2 unspecified atom stereocenters. The number of esters is 4. The Hall–Kier alpha value is -1.94. The number of rotatable bonds is 80. The summed E-state index contributed by atoms with van der Waals surface area (Å²) in [6.45, 7) is 9.69. The summed E-state index contributed by atoms with van der Waals surface area (Å²) in [4.78, 5) is 73.0. The number of hydrogen-bond donors (Lipinski definition) is 3. The lowest BCUT2D eigenvalue weighted by Gasteiger charge is -2.21. The SMILES string of the molecule is CCCCCCCCCCCCCCCC(=O)O[C@H](COC(=O)CCCCCCCCCCCCC)COP(=O)(O)OC[C@H](O)COP(=O)(O)OC[C@@H](COC(=O)CCCCCCCCCCCCCCCCCC(C)C)OC(=O)CCCCCCCCCCCCCCCCCC(C)C. The summed E-state index contributed by atoms with van der Waals surface area (Å²) in [5, 5.41) is 10.6. The number of phosphoric acid groups is 2. The smallest absolute Gasteiger partial charge is 0.462 e. The molecule has 0 aromatic rings. The highest BCUT2D eigenvalue weighted by atomic mass is 31.2. The van der Waals surface area contributed by atoms with Crippen molar-refractivity contribution in [3.8, 4) is 0 Å². The van der Waals surface area contributed by atoms with Crippen LogP contribution in [-0.4, -0.2) is 96.7 Å². The lowest BCUT2D eigenvalue weighted by Crippen LogP contribution is -2.30. The van der Waals surface area contributed by atoms with Gasteiger partial charge in [0.15, 0.2) is 12.2 Å². The maximum atomic E-state index is 13.1. The maximum absolute atomic E-state index is 13.1. The molecule has 0 amide bonds. The van der Waals surface area contributed by atoms with Gasteiger partial charge in [-0.05, 0) is 37.5 Å². The van der Waals surface area contributed by atoms with Crippen LogP contribution in [0.2, 0.25) is 0 Å². The first kappa shape index (κ1) is 98.1. The van der Waals surface area contributed by atoms with Crippen LogP contribution < -0.4 is 0 Å². The summed E-state index contributed by atoms with van der Waals surface area (Å²) in [6.07, 6.45) is 62.3. The van der Waals surface area contributed by atoms with Gasteiger partial charge in [0.2, 0.25) is 0 Å². The minimum Gasteiger partial charge on any atom is -0.462 e. The molecule has 100 heavy (non-hydrogen) atoms. The van der Waals surface area contributed by atoms with Gasteiger partial charge in [-0.2, -0.15) is 0 Å². The number of hydrogen-bond acceptors (Lipinski definition) is 15. The van der Waals surface area contributed by atoms with Crippen molar-refractivity contribution in [2.45, 2.75) is 445 Å². The summed E-state index contributed by atoms with van der Waals surface area (Å²) in [5.41, 5.74) is 0. The highest BCUT2D eigenvalue weighted by molar-refractivity contribution is 7.47. The molecule has 0 heterocycles. The minimum absolute atomic E-state index is 0.108. The monoisotopic (exact) mass is 1470 g/mol. The van der Waals surface area contributed by atoms with Crippen molar-refractivity contribution in [1.29, 1.82) is 0 Å². The van der Waals surface area contributed by atoms with Crippen LogP contribution in [0.3, 0.4) is 0 Å². The van der Waals surface area contributed by atoms with E-state index in [0.717, 1.165) is 102 Å². The molecule has 19 heteroatoms. The number of phosphoric ester groups is 2. The topological polar surface area (TPSA) is 237 Å². The zero-order valence-corrected chi connectivity index (χ0v) is 67.3. The van der Waals surface area contributed by atoms with E-state index in [1.165, 1.54) is 244 Å². The molecule has 0 aromatic carbocycles. The summed E-state index contributed by atoms with van der Waals surface area (Å²) >= 11 is 0. The van der Waals surface area contributed by atoms with Gasteiger partial charge < -0.3 is 33.8 Å². The molecule has 0 aromatic heterocycles. The number of carbonyl (C=O) groups excluding carboxylic acids is 4. The number of carbonyl (C=O) groups is 4. The fourth-order valence-corrected chi connectivity index (χ4v) is 14.1. The van der Waals surface area contributed by atoms with Gasteiger partial charge in [-0.15, -0.1) is 0 Å². The first-order valence-electron chi connectivity index (χ1n) is 42.0. The second-order valence-electron chi connectivity index (χ2n) is 30.1. The molecule has 594 valence electrons. The third-order valence-electron chi connectivity index (χ3n) is 19.0. The average Bonchev–Trinajstić information content (AvgIpc) is 2.26. The van der Waals surface area contributed by atoms with E-state index in [-0.39, 0.29) is 25.7 Å². The largest absolute Gasteiger partial charge is 0.472 e. The van der Waals surface area contributed by atoms with E-state index in [1.54, 1.807) is 0 Å². The lowest BCUT2D eigenvalue weighted by molar-refractivity contribution is -0.161. The van der Waals surface area contributed by atoms with Gasteiger partial charge in [0.1, 0.15) is 19.3 Å².